The number of hydrogen-bond acceptors (Lipinski definition) is 5. The molecule has 6 heteroatoms. The molecule has 0 saturated carbocycles. The van der Waals surface area contributed by atoms with Crippen LogP contribution < -0.4 is 10.2 Å². The van der Waals surface area contributed by atoms with Gasteiger partial charge in [0.05, 0.1) is 29.3 Å². The first-order chi connectivity index (χ1) is 14.6. The predicted octanol–water partition coefficient (Wildman–Crippen LogP) is 4.84. The Balaban J connectivity index is 1.81. The molecule has 156 valence electrons. The maximum absolute atomic E-state index is 13.0. The number of aromatic nitrogens is 2. The van der Waals surface area contributed by atoms with Crippen molar-refractivity contribution in [3.05, 3.63) is 59.7 Å². The molecule has 1 N–H and O–H groups in total. The molecule has 0 fully saturated rings. The van der Waals surface area contributed by atoms with Gasteiger partial charge in [-0.3, -0.25) is 4.57 Å². The number of esters is 1. The zero-order chi connectivity index (χ0) is 21.3. The summed E-state index contributed by atoms with van der Waals surface area (Å²) in [5.74, 6) is 0.434. The van der Waals surface area contributed by atoms with Crippen LogP contribution in [0.5, 0.6) is 0 Å². The highest BCUT2D eigenvalue weighted by molar-refractivity contribution is 6.00. The number of hydrogen-bond donors (Lipinski definition) is 1. The van der Waals surface area contributed by atoms with E-state index in [0.29, 0.717) is 12.2 Å². The summed E-state index contributed by atoms with van der Waals surface area (Å²) in [6.07, 6.45) is 0. The van der Waals surface area contributed by atoms with Crippen LogP contribution in [0.4, 0.5) is 11.6 Å². The highest BCUT2D eigenvalue weighted by Crippen LogP contribution is 2.39. The Morgan fingerprint density at radius 3 is 2.47 bits per heavy atom. The first-order valence-corrected chi connectivity index (χ1v) is 10.6. The van der Waals surface area contributed by atoms with Crippen LogP contribution >= 0.6 is 0 Å². The van der Waals surface area contributed by atoms with Gasteiger partial charge in [-0.1, -0.05) is 24.3 Å². The number of imidazole rings is 1. The number of rotatable bonds is 6. The molecule has 6 nitrogen and oxygen atoms in total. The number of carbonyl (C=O) groups is 1. The second-order valence-corrected chi connectivity index (χ2v) is 7.32. The fourth-order valence-electron chi connectivity index (χ4n) is 4.18. The van der Waals surface area contributed by atoms with Crippen molar-refractivity contribution >= 4 is 34.3 Å². The molecule has 1 aliphatic heterocycles. The second kappa shape index (κ2) is 8.22. The SMILES string of the molecule is CCOC(=O)C1=C(C)n2c(nc3ccccc32)NC1c1ccc(N(CC)CC)cc1. The quantitative estimate of drug-likeness (QED) is 0.596. The summed E-state index contributed by atoms with van der Waals surface area (Å²) in [6.45, 7) is 10.3. The Kier molecular flexibility index (Phi) is 5.48. The topological polar surface area (TPSA) is 59.4 Å². The Morgan fingerprint density at radius 1 is 1.10 bits per heavy atom. The minimum absolute atomic E-state index is 0.302. The molecular formula is C24H28N4O2. The maximum Gasteiger partial charge on any atom is 0.338 e. The van der Waals surface area contributed by atoms with Crippen molar-refractivity contribution in [3.63, 3.8) is 0 Å². The largest absolute Gasteiger partial charge is 0.463 e. The molecule has 0 saturated heterocycles. The van der Waals surface area contributed by atoms with E-state index in [-0.39, 0.29) is 12.0 Å². The molecule has 1 atom stereocenters. The van der Waals surface area contributed by atoms with Crippen molar-refractivity contribution in [1.82, 2.24) is 9.55 Å². The normalized spacial score (nSPS) is 15.7. The molecule has 1 aromatic heterocycles. The molecule has 2 heterocycles. The number of fused-ring (bicyclic) bond motifs is 3. The van der Waals surface area contributed by atoms with Crippen molar-refractivity contribution < 1.29 is 9.53 Å². The van der Waals surface area contributed by atoms with Gasteiger partial charge in [-0.05, 0) is 57.5 Å². The third-order valence-electron chi connectivity index (χ3n) is 5.70. The molecule has 0 bridgehead atoms. The summed E-state index contributed by atoms with van der Waals surface area (Å²) >= 11 is 0. The number of ether oxygens (including phenoxy) is 1. The van der Waals surface area contributed by atoms with Gasteiger partial charge in [0.1, 0.15) is 0 Å². The number of para-hydroxylation sites is 2. The Hall–Kier alpha value is -3.28. The lowest BCUT2D eigenvalue weighted by atomic mass is 9.95. The molecule has 0 spiro atoms. The van der Waals surface area contributed by atoms with Gasteiger partial charge in [0.2, 0.25) is 5.95 Å². The molecule has 0 radical (unpaired) electrons. The second-order valence-electron chi connectivity index (χ2n) is 7.32. The molecule has 1 unspecified atom stereocenters. The first-order valence-electron chi connectivity index (χ1n) is 10.6. The monoisotopic (exact) mass is 404 g/mol. The van der Waals surface area contributed by atoms with Crippen LogP contribution in [0.2, 0.25) is 0 Å². The van der Waals surface area contributed by atoms with E-state index in [1.807, 2.05) is 42.7 Å². The van der Waals surface area contributed by atoms with E-state index in [9.17, 15) is 4.79 Å². The predicted molar refractivity (Wildman–Crippen MR) is 122 cm³/mol. The van der Waals surface area contributed by atoms with Gasteiger partial charge in [-0.15, -0.1) is 0 Å². The summed E-state index contributed by atoms with van der Waals surface area (Å²) in [6, 6.07) is 16.0. The fraction of sp³-hybridized carbons (Fsp3) is 0.333. The number of allylic oxidation sites excluding steroid dienone is 1. The van der Waals surface area contributed by atoms with Crippen molar-refractivity contribution in [2.24, 2.45) is 0 Å². The Morgan fingerprint density at radius 2 is 1.80 bits per heavy atom. The van der Waals surface area contributed by atoms with Gasteiger partial charge in [0, 0.05) is 24.5 Å². The van der Waals surface area contributed by atoms with Crippen LogP contribution in [0.3, 0.4) is 0 Å². The molecule has 3 aromatic rings. The number of nitrogens with zero attached hydrogens (tertiary/aromatic N) is 3. The summed E-state index contributed by atoms with van der Waals surface area (Å²) < 4.78 is 7.43. The standard InChI is InChI=1S/C24H28N4O2/c1-5-27(6-2)18-14-12-17(13-15-18)22-21(23(29)30-7-3)16(4)28-20-11-9-8-10-19(20)25-24(28)26-22/h8-15,22H,5-7H2,1-4H3,(H,25,26). The van der Waals surface area contributed by atoms with Gasteiger partial charge in [0.15, 0.2) is 0 Å². The van der Waals surface area contributed by atoms with Crippen molar-refractivity contribution in [3.8, 4) is 0 Å². The molecule has 1 aliphatic rings. The molecule has 30 heavy (non-hydrogen) atoms. The van der Waals surface area contributed by atoms with Crippen LogP contribution in [0.1, 0.15) is 39.3 Å². The van der Waals surface area contributed by atoms with E-state index in [1.54, 1.807) is 0 Å². The summed E-state index contributed by atoms with van der Waals surface area (Å²) in [4.78, 5) is 20.0. The van der Waals surface area contributed by atoms with E-state index >= 15 is 0 Å². The average Bonchev–Trinajstić information content (AvgIpc) is 3.14. The van der Waals surface area contributed by atoms with Crippen LogP contribution in [0.15, 0.2) is 54.1 Å². The zero-order valence-electron chi connectivity index (χ0n) is 18.0. The van der Waals surface area contributed by atoms with Crippen molar-refractivity contribution in [1.29, 1.82) is 0 Å². The van der Waals surface area contributed by atoms with Crippen molar-refractivity contribution in [2.75, 3.05) is 29.9 Å². The van der Waals surface area contributed by atoms with Gasteiger partial charge >= 0.3 is 5.97 Å². The number of carbonyl (C=O) groups excluding carboxylic acids is 1. The highest BCUT2D eigenvalue weighted by Gasteiger charge is 2.33. The summed E-state index contributed by atoms with van der Waals surface area (Å²) in [5.41, 5.74) is 5.49. The molecule has 2 aromatic carbocycles. The minimum Gasteiger partial charge on any atom is -0.463 e. The van der Waals surface area contributed by atoms with E-state index in [1.165, 1.54) is 5.69 Å². The number of anilines is 2. The van der Waals surface area contributed by atoms with E-state index in [4.69, 9.17) is 9.72 Å². The first kappa shape index (κ1) is 20.0. The van der Waals surface area contributed by atoms with Gasteiger partial charge in [-0.2, -0.15) is 0 Å². The Bertz CT molecular complexity index is 1090. The van der Waals surface area contributed by atoms with Crippen molar-refractivity contribution in [2.45, 2.75) is 33.7 Å². The maximum atomic E-state index is 13.0. The fourth-order valence-corrected chi connectivity index (χ4v) is 4.18. The summed E-state index contributed by atoms with van der Waals surface area (Å²) in [5, 5.41) is 3.48. The molecule has 4 rings (SSSR count). The minimum atomic E-state index is -0.320. The van der Waals surface area contributed by atoms with E-state index in [0.717, 1.165) is 41.3 Å². The van der Waals surface area contributed by atoms with E-state index < -0.39 is 0 Å². The van der Waals surface area contributed by atoms with Gasteiger partial charge < -0.3 is 15.0 Å². The third kappa shape index (κ3) is 3.32. The molecular weight excluding hydrogens is 376 g/mol. The van der Waals surface area contributed by atoms with Crippen LogP contribution in [-0.2, 0) is 9.53 Å². The molecule has 0 amide bonds. The lowest BCUT2D eigenvalue weighted by molar-refractivity contribution is -0.138. The van der Waals surface area contributed by atoms with Crippen LogP contribution in [0, 0.1) is 0 Å². The Labute approximate surface area is 177 Å². The van der Waals surface area contributed by atoms with Gasteiger partial charge in [-0.25, -0.2) is 9.78 Å². The smallest absolute Gasteiger partial charge is 0.338 e. The number of nitrogens with one attached hydrogen (secondary N) is 1. The lowest BCUT2D eigenvalue weighted by Crippen LogP contribution is -2.28. The number of benzene rings is 2. The zero-order valence-corrected chi connectivity index (χ0v) is 18.0. The summed E-state index contributed by atoms with van der Waals surface area (Å²) in [7, 11) is 0. The lowest BCUT2D eigenvalue weighted by Gasteiger charge is -2.30. The average molecular weight is 405 g/mol. The highest BCUT2D eigenvalue weighted by atomic mass is 16.5. The molecule has 0 aliphatic carbocycles. The van der Waals surface area contributed by atoms with Gasteiger partial charge in [0.25, 0.3) is 0 Å². The van der Waals surface area contributed by atoms with E-state index in [2.05, 4.69) is 48.3 Å². The van der Waals surface area contributed by atoms with Crippen LogP contribution in [-0.4, -0.2) is 35.2 Å². The third-order valence-corrected chi connectivity index (χ3v) is 5.70. The van der Waals surface area contributed by atoms with Crippen LogP contribution in [0.25, 0.3) is 16.7 Å².